The quantitative estimate of drug-likeness (QED) is 0.376. The summed E-state index contributed by atoms with van der Waals surface area (Å²) in [6.07, 6.45) is 0. The van der Waals surface area contributed by atoms with Crippen LogP contribution in [0.5, 0.6) is 11.5 Å². The number of ether oxygens (including phenoxy) is 2. The Morgan fingerprint density at radius 2 is 1.65 bits per heavy atom. The molecule has 0 bridgehead atoms. The first kappa shape index (κ1) is 21.0. The first-order valence-corrected chi connectivity index (χ1v) is 10.1. The molecule has 1 heterocycles. The molecule has 0 aliphatic rings. The number of nitrogens with zero attached hydrogens (tertiary/aromatic N) is 1. The molecule has 1 amide bonds. The van der Waals surface area contributed by atoms with Crippen molar-refractivity contribution in [2.45, 2.75) is 0 Å². The first-order chi connectivity index (χ1) is 15.0. The van der Waals surface area contributed by atoms with Gasteiger partial charge in [-0.05, 0) is 36.4 Å². The minimum Gasteiger partial charge on any atom is -0.497 e. The van der Waals surface area contributed by atoms with Crippen molar-refractivity contribution in [2.75, 3.05) is 19.5 Å². The number of pyridine rings is 1. The van der Waals surface area contributed by atoms with Gasteiger partial charge in [-0.25, -0.2) is 4.98 Å². The Kier molecular flexibility index (Phi) is 5.98. The summed E-state index contributed by atoms with van der Waals surface area (Å²) in [7, 11) is 3.16. The summed E-state index contributed by atoms with van der Waals surface area (Å²) in [6.45, 7) is 0. The van der Waals surface area contributed by atoms with Gasteiger partial charge in [-0.2, -0.15) is 0 Å². The zero-order valence-corrected chi connectivity index (χ0v) is 18.3. The van der Waals surface area contributed by atoms with E-state index < -0.39 is 0 Å². The number of aromatic nitrogens is 1. The molecule has 4 aromatic rings. The Labute approximate surface area is 189 Å². The van der Waals surface area contributed by atoms with E-state index in [1.807, 2.05) is 36.4 Å². The summed E-state index contributed by atoms with van der Waals surface area (Å²) in [6, 6.07) is 19.7. The molecule has 1 N–H and O–H groups in total. The van der Waals surface area contributed by atoms with Crippen molar-refractivity contribution in [1.29, 1.82) is 0 Å². The van der Waals surface area contributed by atoms with Crippen LogP contribution in [0, 0.1) is 0 Å². The Balaban J connectivity index is 1.85. The number of methoxy groups -OCH3 is 2. The van der Waals surface area contributed by atoms with Crippen molar-refractivity contribution in [3.8, 4) is 22.8 Å². The second-order valence-electron chi connectivity index (χ2n) is 6.69. The number of fused-ring (bicyclic) bond motifs is 1. The molecule has 0 saturated heterocycles. The van der Waals surface area contributed by atoms with Gasteiger partial charge in [-0.1, -0.05) is 47.5 Å². The number of carbonyl (C=O) groups is 1. The van der Waals surface area contributed by atoms with Crippen LogP contribution in [0.1, 0.15) is 10.4 Å². The van der Waals surface area contributed by atoms with E-state index in [0.29, 0.717) is 49.4 Å². The number of halogens is 2. The lowest BCUT2D eigenvalue weighted by Crippen LogP contribution is -2.14. The average molecular weight is 453 g/mol. The molecule has 0 unspecified atom stereocenters. The van der Waals surface area contributed by atoms with E-state index in [-0.39, 0.29) is 5.91 Å². The van der Waals surface area contributed by atoms with Gasteiger partial charge in [0.1, 0.15) is 11.5 Å². The van der Waals surface area contributed by atoms with Crippen LogP contribution in [0.3, 0.4) is 0 Å². The highest BCUT2D eigenvalue weighted by Crippen LogP contribution is 2.35. The monoisotopic (exact) mass is 452 g/mol. The summed E-state index contributed by atoms with van der Waals surface area (Å²) in [5.74, 6) is 0.901. The maximum absolute atomic E-state index is 13.3. The molecule has 0 atom stereocenters. The van der Waals surface area contributed by atoms with Gasteiger partial charge in [0.05, 0.1) is 46.7 Å². The van der Waals surface area contributed by atoms with Gasteiger partial charge in [0.25, 0.3) is 5.91 Å². The molecule has 4 rings (SSSR count). The molecular weight excluding hydrogens is 435 g/mol. The largest absolute Gasteiger partial charge is 0.497 e. The number of hydrogen-bond acceptors (Lipinski definition) is 4. The van der Waals surface area contributed by atoms with Gasteiger partial charge in [0, 0.05) is 17.0 Å². The fraction of sp³-hybridized carbons (Fsp3) is 0.0833. The van der Waals surface area contributed by atoms with Crippen molar-refractivity contribution in [1.82, 2.24) is 4.98 Å². The maximum Gasteiger partial charge on any atom is 0.256 e. The molecule has 1 aromatic heterocycles. The summed E-state index contributed by atoms with van der Waals surface area (Å²) < 4.78 is 10.8. The second kappa shape index (κ2) is 8.84. The molecule has 0 saturated carbocycles. The molecule has 156 valence electrons. The standard InChI is InChI=1S/C24H18Cl2N2O3/c1-30-14-10-11-16(22(12-14)31-2)21-13-17(15-6-3-4-9-20(15)27-21)24(29)28-23-18(25)7-5-8-19(23)26/h3-13H,1-2H3,(H,28,29). The van der Waals surface area contributed by atoms with Crippen molar-refractivity contribution in [3.63, 3.8) is 0 Å². The summed E-state index contributed by atoms with van der Waals surface area (Å²) in [5.41, 5.74) is 2.80. The van der Waals surface area contributed by atoms with Crippen molar-refractivity contribution in [2.24, 2.45) is 0 Å². The minimum atomic E-state index is -0.345. The number of anilines is 1. The Hall–Kier alpha value is -3.28. The lowest BCUT2D eigenvalue weighted by Gasteiger charge is -2.14. The third-order valence-electron chi connectivity index (χ3n) is 4.85. The molecule has 31 heavy (non-hydrogen) atoms. The highest BCUT2D eigenvalue weighted by atomic mass is 35.5. The maximum atomic E-state index is 13.3. The summed E-state index contributed by atoms with van der Waals surface area (Å²) >= 11 is 12.5. The summed E-state index contributed by atoms with van der Waals surface area (Å²) in [5, 5.41) is 4.25. The Morgan fingerprint density at radius 3 is 2.35 bits per heavy atom. The molecule has 5 nitrogen and oxygen atoms in total. The molecule has 0 fully saturated rings. The molecular formula is C24H18Cl2N2O3. The van der Waals surface area contributed by atoms with Gasteiger partial charge in [-0.3, -0.25) is 4.79 Å². The van der Waals surface area contributed by atoms with Gasteiger partial charge in [0.2, 0.25) is 0 Å². The fourth-order valence-electron chi connectivity index (χ4n) is 3.31. The molecule has 0 radical (unpaired) electrons. The lowest BCUT2D eigenvalue weighted by molar-refractivity contribution is 0.102. The van der Waals surface area contributed by atoms with Crippen molar-refractivity contribution >= 4 is 45.7 Å². The number of amides is 1. The number of carbonyl (C=O) groups excluding carboxylic acids is 1. The van der Waals surface area contributed by atoms with E-state index in [9.17, 15) is 4.79 Å². The molecule has 7 heteroatoms. The predicted octanol–water partition coefficient (Wildman–Crippen LogP) is 6.48. The Morgan fingerprint density at radius 1 is 0.903 bits per heavy atom. The van der Waals surface area contributed by atoms with E-state index in [1.165, 1.54) is 0 Å². The third kappa shape index (κ3) is 4.15. The molecule has 3 aromatic carbocycles. The number of rotatable bonds is 5. The Bertz CT molecular complexity index is 1270. The number of para-hydroxylation sites is 2. The van der Waals surface area contributed by atoms with Crippen LogP contribution in [0.15, 0.2) is 66.7 Å². The SMILES string of the molecule is COc1ccc(-c2cc(C(=O)Nc3c(Cl)cccc3Cl)c3ccccc3n2)c(OC)c1. The van der Waals surface area contributed by atoms with Gasteiger partial charge < -0.3 is 14.8 Å². The zero-order valence-electron chi connectivity index (χ0n) is 16.8. The number of hydrogen-bond donors (Lipinski definition) is 1. The minimum absolute atomic E-state index is 0.345. The number of nitrogens with one attached hydrogen (secondary N) is 1. The molecule has 0 aliphatic heterocycles. The average Bonchev–Trinajstić information content (AvgIpc) is 2.80. The second-order valence-corrected chi connectivity index (χ2v) is 7.50. The van der Waals surface area contributed by atoms with Crippen LogP contribution in [0.25, 0.3) is 22.2 Å². The molecule has 0 aliphatic carbocycles. The van der Waals surface area contributed by atoms with Crippen LogP contribution < -0.4 is 14.8 Å². The van der Waals surface area contributed by atoms with Crippen LogP contribution in [0.4, 0.5) is 5.69 Å². The van der Waals surface area contributed by atoms with E-state index in [0.717, 1.165) is 5.56 Å². The topological polar surface area (TPSA) is 60.5 Å². The van der Waals surface area contributed by atoms with Crippen molar-refractivity contribution < 1.29 is 14.3 Å². The van der Waals surface area contributed by atoms with Gasteiger partial charge >= 0.3 is 0 Å². The van der Waals surface area contributed by atoms with E-state index in [1.54, 1.807) is 44.6 Å². The zero-order chi connectivity index (χ0) is 22.0. The lowest BCUT2D eigenvalue weighted by atomic mass is 10.0. The molecule has 0 spiro atoms. The highest BCUT2D eigenvalue weighted by molar-refractivity contribution is 6.40. The fourth-order valence-corrected chi connectivity index (χ4v) is 3.80. The smallest absolute Gasteiger partial charge is 0.256 e. The van der Waals surface area contributed by atoms with Gasteiger partial charge in [-0.15, -0.1) is 0 Å². The van der Waals surface area contributed by atoms with E-state index in [4.69, 9.17) is 37.7 Å². The highest BCUT2D eigenvalue weighted by Gasteiger charge is 2.18. The van der Waals surface area contributed by atoms with Crippen LogP contribution in [0.2, 0.25) is 10.0 Å². The van der Waals surface area contributed by atoms with Crippen LogP contribution >= 0.6 is 23.2 Å². The predicted molar refractivity (Wildman–Crippen MR) is 125 cm³/mol. The number of benzene rings is 3. The van der Waals surface area contributed by atoms with Crippen molar-refractivity contribution in [3.05, 3.63) is 82.3 Å². The normalized spacial score (nSPS) is 10.7. The summed E-state index contributed by atoms with van der Waals surface area (Å²) in [4.78, 5) is 18.0. The van der Waals surface area contributed by atoms with E-state index in [2.05, 4.69) is 5.32 Å². The van der Waals surface area contributed by atoms with Crippen LogP contribution in [-0.2, 0) is 0 Å². The van der Waals surface area contributed by atoms with Crippen LogP contribution in [-0.4, -0.2) is 25.1 Å². The third-order valence-corrected chi connectivity index (χ3v) is 5.48. The first-order valence-electron chi connectivity index (χ1n) is 9.39. The van der Waals surface area contributed by atoms with Gasteiger partial charge in [0.15, 0.2) is 0 Å². The van der Waals surface area contributed by atoms with E-state index >= 15 is 0 Å².